The van der Waals surface area contributed by atoms with E-state index < -0.39 is 35.2 Å². The van der Waals surface area contributed by atoms with Crippen molar-refractivity contribution in [3.63, 3.8) is 0 Å². The van der Waals surface area contributed by atoms with Gasteiger partial charge in [0.15, 0.2) is 6.04 Å². The molecule has 3 aliphatic rings. The predicted octanol–water partition coefficient (Wildman–Crippen LogP) is 0.889. The molecular weight excluding hydrogens is 336 g/mol. The highest BCUT2D eigenvalue weighted by molar-refractivity contribution is 6.30. The van der Waals surface area contributed by atoms with E-state index in [1.165, 1.54) is 12.1 Å². The van der Waals surface area contributed by atoms with Gasteiger partial charge in [0.25, 0.3) is 17.7 Å². The lowest BCUT2D eigenvalue weighted by Crippen LogP contribution is -2.69. The molecule has 3 heterocycles. The van der Waals surface area contributed by atoms with Gasteiger partial charge in [-0.2, -0.15) is 0 Å². The number of alkyl halides is 1. The molecule has 3 aliphatic heterocycles. The van der Waals surface area contributed by atoms with Crippen molar-refractivity contribution in [3.05, 3.63) is 46.7 Å². The molecule has 0 spiro atoms. The van der Waals surface area contributed by atoms with Gasteiger partial charge in [-0.1, -0.05) is 23.7 Å². The van der Waals surface area contributed by atoms with Gasteiger partial charge in [0.1, 0.15) is 17.8 Å². The minimum atomic E-state index is -1.13. The van der Waals surface area contributed by atoms with Gasteiger partial charge in [-0.05, 0) is 24.6 Å². The standard InChI is InChI=1S/C16H11ClN2O5/c1-7-6-24-16(23)10(7)18-12(17)11(15(18)22)19-13(20)8-4-2-3-5-9(8)14(19)21/h2-5,11-12H,6H2,1H3/t11-,12+/m1/s1. The van der Waals surface area contributed by atoms with Gasteiger partial charge in [0.05, 0.1) is 11.1 Å². The van der Waals surface area contributed by atoms with Crippen molar-refractivity contribution in [2.75, 3.05) is 6.61 Å². The summed E-state index contributed by atoms with van der Waals surface area (Å²) in [4.78, 5) is 51.2. The number of imide groups is 1. The summed E-state index contributed by atoms with van der Waals surface area (Å²) in [5.41, 5.74) is 0.157. The summed E-state index contributed by atoms with van der Waals surface area (Å²) in [6.07, 6.45) is 0. The van der Waals surface area contributed by atoms with Crippen LogP contribution in [-0.4, -0.2) is 51.6 Å². The number of rotatable bonds is 2. The lowest BCUT2D eigenvalue weighted by molar-refractivity contribution is -0.152. The summed E-state index contributed by atoms with van der Waals surface area (Å²) < 4.78 is 4.87. The number of hydrogen-bond acceptors (Lipinski definition) is 5. The molecule has 7 nitrogen and oxygen atoms in total. The van der Waals surface area contributed by atoms with Crippen molar-refractivity contribution in [1.29, 1.82) is 0 Å². The number of esters is 1. The summed E-state index contributed by atoms with van der Waals surface area (Å²) in [6, 6.07) is 5.21. The Hall–Kier alpha value is -2.67. The topological polar surface area (TPSA) is 84.0 Å². The molecule has 1 aromatic carbocycles. The first-order chi connectivity index (χ1) is 11.4. The predicted molar refractivity (Wildman–Crippen MR) is 80.9 cm³/mol. The number of benzene rings is 1. The quantitative estimate of drug-likeness (QED) is 0.261. The molecule has 0 unspecified atom stereocenters. The molecule has 0 aromatic heterocycles. The van der Waals surface area contributed by atoms with Crippen molar-refractivity contribution in [2.24, 2.45) is 0 Å². The monoisotopic (exact) mass is 346 g/mol. The Labute approximate surface area is 141 Å². The molecule has 1 saturated heterocycles. The van der Waals surface area contributed by atoms with Crippen LogP contribution in [0.5, 0.6) is 0 Å². The average Bonchev–Trinajstić information content (AvgIpc) is 3.02. The van der Waals surface area contributed by atoms with E-state index in [-0.39, 0.29) is 23.4 Å². The summed E-state index contributed by atoms with van der Waals surface area (Å²) in [6.45, 7) is 1.76. The molecule has 1 fully saturated rings. The highest BCUT2D eigenvalue weighted by atomic mass is 35.5. The zero-order valence-corrected chi connectivity index (χ0v) is 13.2. The van der Waals surface area contributed by atoms with E-state index in [0.717, 1.165) is 9.80 Å². The molecule has 1 aromatic rings. The third-order valence-electron chi connectivity index (χ3n) is 4.36. The van der Waals surface area contributed by atoms with Crippen LogP contribution in [0.25, 0.3) is 0 Å². The molecule has 0 radical (unpaired) electrons. The molecule has 4 rings (SSSR count). The van der Waals surface area contributed by atoms with Crippen LogP contribution in [-0.2, 0) is 14.3 Å². The van der Waals surface area contributed by atoms with Crippen molar-refractivity contribution in [2.45, 2.75) is 18.5 Å². The fourth-order valence-electron chi connectivity index (χ4n) is 3.16. The van der Waals surface area contributed by atoms with Crippen LogP contribution in [0.4, 0.5) is 0 Å². The maximum atomic E-state index is 12.5. The van der Waals surface area contributed by atoms with Gasteiger partial charge >= 0.3 is 5.97 Å². The smallest absolute Gasteiger partial charge is 0.355 e. The van der Waals surface area contributed by atoms with E-state index in [2.05, 4.69) is 0 Å². The number of β-lactam (4-membered cyclic amide) rings is 1. The van der Waals surface area contributed by atoms with Gasteiger partial charge in [0.2, 0.25) is 0 Å². The Kier molecular flexibility index (Phi) is 3.05. The van der Waals surface area contributed by atoms with Crippen molar-refractivity contribution in [3.8, 4) is 0 Å². The number of carbonyl (C=O) groups excluding carboxylic acids is 4. The number of halogens is 1. The minimum absolute atomic E-state index is 0.0906. The van der Waals surface area contributed by atoms with Gasteiger partial charge < -0.3 is 4.74 Å². The maximum absolute atomic E-state index is 12.5. The number of nitrogens with zero attached hydrogens (tertiary/aromatic N) is 2. The molecule has 2 atom stereocenters. The number of fused-ring (bicyclic) bond motifs is 1. The third-order valence-corrected chi connectivity index (χ3v) is 4.79. The first kappa shape index (κ1) is 14.9. The maximum Gasteiger partial charge on any atom is 0.355 e. The molecular formula is C16H11ClN2O5. The highest BCUT2D eigenvalue weighted by Gasteiger charge is 2.58. The van der Waals surface area contributed by atoms with E-state index in [1.807, 2.05) is 0 Å². The molecule has 0 N–H and O–H groups in total. The Bertz CT molecular complexity index is 827. The lowest BCUT2D eigenvalue weighted by Gasteiger charge is -2.46. The Balaban J connectivity index is 1.66. The number of ether oxygens (including phenoxy) is 1. The molecule has 0 aliphatic carbocycles. The molecule has 24 heavy (non-hydrogen) atoms. The second-order valence-electron chi connectivity index (χ2n) is 5.76. The van der Waals surface area contributed by atoms with Crippen molar-refractivity contribution >= 4 is 35.3 Å². The number of amides is 3. The second-order valence-corrected chi connectivity index (χ2v) is 6.20. The van der Waals surface area contributed by atoms with Gasteiger partial charge in [0, 0.05) is 0 Å². The normalized spacial score (nSPS) is 26.1. The minimum Gasteiger partial charge on any atom is -0.456 e. The van der Waals surface area contributed by atoms with Gasteiger partial charge in [-0.3, -0.25) is 24.2 Å². The number of carbonyl (C=O) groups is 4. The summed E-state index contributed by atoms with van der Waals surface area (Å²) in [7, 11) is 0. The molecule has 122 valence electrons. The fraction of sp³-hybridized carbons (Fsp3) is 0.250. The van der Waals surface area contributed by atoms with Crippen LogP contribution in [0.15, 0.2) is 35.5 Å². The van der Waals surface area contributed by atoms with Crippen LogP contribution in [0.1, 0.15) is 27.6 Å². The molecule has 0 bridgehead atoms. The zero-order valence-electron chi connectivity index (χ0n) is 12.5. The molecule has 0 saturated carbocycles. The number of likely N-dealkylation sites (tertiary alicyclic amines) is 1. The van der Waals surface area contributed by atoms with Crippen LogP contribution in [0.2, 0.25) is 0 Å². The lowest BCUT2D eigenvalue weighted by atomic mass is 10.0. The van der Waals surface area contributed by atoms with E-state index in [1.54, 1.807) is 19.1 Å². The molecule has 3 amide bonds. The SMILES string of the molecule is CC1=C(N2C(=O)[C@H](N3C(=O)c4ccccc4C3=O)[C@H]2Cl)C(=O)OC1. The number of hydrogen-bond donors (Lipinski definition) is 0. The zero-order chi connectivity index (χ0) is 17.2. The van der Waals surface area contributed by atoms with E-state index in [0.29, 0.717) is 5.57 Å². The van der Waals surface area contributed by atoms with Crippen LogP contribution < -0.4 is 0 Å². The first-order valence-electron chi connectivity index (χ1n) is 7.24. The Morgan fingerprint density at radius 3 is 2.08 bits per heavy atom. The summed E-state index contributed by atoms with van der Waals surface area (Å²) in [5.74, 6) is -2.32. The van der Waals surface area contributed by atoms with E-state index >= 15 is 0 Å². The number of cyclic esters (lactones) is 1. The van der Waals surface area contributed by atoms with Crippen LogP contribution in [0, 0.1) is 0 Å². The Morgan fingerprint density at radius 1 is 1.04 bits per heavy atom. The fourth-order valence-corrected chi connectivity index (χ4v) is 3.57. The first-order valence-corrected chi connectivity index (χ1v) is 7.68. The highest BCUT2D eigenvalue weighted by Crippen LogP contribution is 2.38. The van der Waals surface area contributed by atoms with Crippen molar-refractivity contribution in [1.82, 2.24) is 9.80 Å². The molecule has 8 heteroatoms. The summed E-state index contributed by atoms with van der Waals surface area (Å²) >= 11 is 6.26. The van der Waals surface area contributed by atoms with Crippen LogP contribution in [0.3, 0.4) is 0 Å². The van der Waals surface area contributed by atoms with Crippen LogP contribution >= 0.6 is 11.6 Å². The van der Waals surface area contributed by atoms with E-state index in [4.69, 9.17) is 16.3 Å². The summed E-state index contributed by atoms with van der Waals surface area (Å²) in [5, 5.41) is 0. The van der Waals surface area contributed by atoms with E-state index in [9.17, 15) is 19.2 Å². The Morgan fingerprint density at radius 2 is 1.62 bits per heavy atom. The van der Waals surface area contributed by atoms with Gasteiger partial charge in [-0.25, -0.2) is 4.79 Å². The largest absolute Gasteiger partial charge is 0.456 e. The third kappa shape index (κ3) is 1.73. The second kappa shape index (κ2) is 4.91. The van der Waals surface area contributed by atoms with Crippen molar-refractivity contribution < 1.29 is 23.9 Å². The average molecular weight is 347 g/mol. The van der Waals surface area contributed by atoms with Gasteiger partial charge in [-0.15, -0.1) is 0 Å².